The van der Waals surface area contributed by atoms with Crippen LogP contribution in [0.4, 0.5) is 0 Å². The first-order valence-electron chi connectivity index (χ1n) is 6.25. The molecule has 1 aromatic heterocycles. The van der Waals surface area contributed by atoms with Crippen molar-refractivity contribution in [2.45, 2.75) is 13.0 Å². The lowest BCUT2D eigenvalue weighted by atomic mass is 10.1. The molecule has 1 atom stereocenters. The van der Waals surface area contributed by atoms with Gasteiger partial charge in [0.15, 0.2) is 0 Å². The molecule has 1 heterocycles. The van der Waals surface area contributed by atoms with Crippen molar-refractivity contribution in [2.75, 3.05) is 0 Å². The van der Waals surface area contributed by atoms with Crippen molar-refractivity contribution >= 4 is 38.5 Å². The molecule has 102 valence electrons. The summed E-state index contributed by atoms with van der Waals surface area (Å²) in [5.74, 6) is 0.717. The van der Waals surface area contributed by atoms with Crippen LogP contribution in [-0.2, 0) is 0 Å². The minimum atomic E-state index is -0.372. The molecule has 0 spiro atoms. The third-order valence-electron chi connectivity index (χ3n) is 3.29. The molecule has 4 heteroatoms. The van der Waals surface area contributed by atoms with Crippen LogP contribution in [0, 0.1) is 6.92 Å². The summed E-state index contributed by atoms with van der Waals surface area (Å²) in [6.45, 7) is 2.05. The highest BCUT2D eigenvalue weighted by molar-refractivity contribution is 9.10. The molecule has 0 amide bonds. The lowest BCUT2D eigenvalue weighted by molar-refractivity contribution is 0.525. The number of nitrogens with two attached hydrogens (primary N) is 1. The van der Waals surface area contributed by atoms with Crippen LogP contribution in [0.25, 0.3) is 11.0 Å². The van der Waals surface area contributed by atoms with Crippen LogP contribution in [0.2, 0.25) is 5.02 Å². The molecule has 0 saturated carbocycles. The number of fused-ring (bicyclic) bond motifs is 1. The van der Waals surface area contributed by atoms with Crippen molar-refractivity contribution in [3.63, 3.8) is 0 Å². The first-order valence-corrected chi connectivity index (χ1v) is 7.42. The van der Waals surface area contributed by atoms with Crippen molar-refractivity contribution in [1.82, 2.24) is 0 Å². The maximum Gasteiger partial charge on any atom is 0.134 e. The highest BCUT2D eigenvalue weighted by Gasteiger charge is 2.17. The predicted octanol–water partition coefficient (Wildman–Crippen LogP) is 5.21. The Morgan fingerprint density at radius 2 is 1.95 bits per heavy atom. The Morgan fingerprint density at radius 3 is 2.70 bits per heavy atom. The first-order chi connectivity index (χ1) is 9.54. The number of hydrogen-bond donors (Lipinski definition) is 1. The molecule has 20 heavy (non-hydrogen) atoms. The Morgan fingerprint density at radius 1 is 1.15 bits per heavy atom. The summed E-state index contributed by atoms with van der Waals surface area (Å²) in [4.78, 5) is 0. The fraction of sp³-hybridized carbons (Fsp3) is 0.125. The normalized spacial score (nSPS) is 12.8. The molecular formula is C16H13BrClNO. The summed E-state index contributed by atoms with van der Waals surface area (Å²) in [5, 5.41) is 1.69. The Kier molecular flexibility index (Phi) is 3.59. The SMILES string of the molecule is Cc1ccc2oc(C(N)c3ccc(Br)cc3Cl)cc2c1. The van der Waals surface area contributed by atoms with Crippen molar-refractivity contribution in [2.24, 2.45) is 5.73 Å². The zero-order valence-electron chi connectivity index (χ0n) is 10.9. The van der Waals surface area contributed by atoms with Crippen LogP contribution in [0.3, 0.4) is 0 Å². The van der Waals surface area contributed by atoms with Gasteiger partial charge in [-0.25, -0.2) is 0 Å². The predicted molar refractivity (Wildman–Crippen MR) is 86.1 cm³/mol. The van der Waals surface area contributed by atoms with Crippen LogP contribution < -0.4 is 5.73 Å². The summed E-state index contributed by atoms with van der Waals surface area (Å²) in [6.07, 6.45) is 0. The number of halogens is 2. The maximum absolute atomic E-state index is 6.28. The second kappa shape index (κ2) is 5.24. The Labute approximate surface area is 130 Å². The summed E-state index contributed by atoms with van der Waals surface area (Å²) in [6, 6.07) is 13.3. The number of rotatable bonds is 2. The van der Waals surface area contributed by atoms with E-state index in [1.807, 2.05) is 36.4 Å². The molecule has 0 saturated heterocycles. The van der Waals surface area contributed by atoms with Gasteiger partial charge in [-0.1, -0.05) is 45.2 Å². The largest absolute Gasteiger partial charge is 0.459 e. The van der Waals surface area contributed by atoms with E-state index >= 15 is 0 Å². The zero-order valence-corrected chi connectivity index (χ0v) is 13.2. The van der Waals surface area contributed by atoms with Gasteiger partial charge >= 0.3 is 0 Å². The maximum atomic E-state index is 6.28. The van der Waals surface area contributed by atoms with E-state index in [2.05, 4.69) is 28.9 Å². The van der Waals surface area contributed by atoms with E-state index < -0.39 is 0 Å². The van der Waals surface area contributed by atoms with Gasteiger partial charge in [-0.2, -0.15) is 0 Å². The quantitative estimate of drug-likeness (QED) is 0.689. The van der Waals surface area contributed by atoms with Crippen LogP contribution in [0.15, 0.2) is 51.4 Å². The fourth-order valence-corrected chi connectivity index (χ4v) is 3.03. The molecule has 1 unspecified atom stereocenters. The fourth-order valence-electron chi connectivity index (χ4n) is 2.24. The second-order valence-corrected chi connectivity index (χ2v) is 6.16. The molecule has 2 N–H and O–H groups in total. The Bertz CT molecular complexity index is 781. The van der Waals surface area contributed by atoms with Crippen molar-refractivity contribution < 1.29 is 4.42 Å². The number of hydrogen-bond acceptors (Lipinski definition) is 2. The first kappa shape index (κ1) is 13.7. The lowest BCUT2D eigenvalue weighted by Gasteiger charge is -2.11. The average molecular weight is 351 g/mol. The minimum absolute atomic E-state index is 0.372. The highest BCUT2D eigenvalue weighted by Crippen LogP contribution is 2.32. The number of furan rings is 1. The summed E-state index contributed by atoms with van der Waals surface area (Å²) in [7, 11) is 0. The zero-order chi connectivity index (χ0) is 14.3. The molecule has 0 aliphatic carbocycles. The second-order valence-electron chi connectivity index (χ2n) is 4.83. The summed E-state index contributed by atoms with van der Waals surface area (Å²) < 4.78 is 6.76. The molecule has 3 rings (SSSR count). The van der Waals surface area contributed by atoms with E-state index in [1.165, 1.54) is 5.56 Å². The summed E-state index contributed by atoms with van der Waals surface area (Å²) in [5.41, 5.74) is 9.16. The number of benzene rings is 2. The van der Waals surface area contributed by atoms with Gasteiger partial charge < -0.3 is 10.2 Å². The van der Waals surface area contributed by atoms with E-state index in [4.69, 9.17) is 21.8 Å². The molecule has 0 fully saturated rings. The van der Waals surface area contributed by atoms with E-state index in [0.717, 1.165) is 26.8 Å². The standard InChI is InChI=1S/C16H13BrClNO/c1-9-2-5-14-10(6-9)7-15(20-14)16(19)12-4-3-11(17)8-13(12)18/h2-8,16H,19H2,1H3. The molecule has 2 nitrogen and oxygen atoms in total. The molecule has 0 radical (unpaired) electrons. The van der Waals surface area contributed by atoms with Crippen molar-refractivity contribution in [3.8, 4) is 0 Å². The molecule has 0 aliphatic rings. The molecule has 0 aliphatic heterocycles. The van der Waals surface area contributed by atoms with Gasteiger partial charge in [0.05, 0.1) is 6.04 Å². The van der Waals surface area contributed by atoms with Gasteiger partial charge in [-0.3, -0.25) is 0 Å². The average Bonchev–Trinajstić information content (AvgIpc) is 2.81. The van der Waals surface area contributed by atoms with E-state index in [0.29, 0.717) is 5.02 Å². The van der Waals surface area contributed by atoms with Crippen LogP contribution >= 0.6 is 27.5 Å². The third-order valence-corrected chi connectivity index (χ3v) is 4.12. The molecule has 0 bridgehead atoms. The van der Waals surface area contributed by atoms with Gasteiger partial charge in [0.1, 0.15) is 11.3 Å². The third kappa shape index (κ3) is 2.49. The van der Waals surface area contributed by atoms with Crippen LogP contribution in [0.1, 0.15) is 22.9 Å². The van der Waals surface area contributed by atoms with E-state index in [1.54, 1.807) is 0 Å². The van der Waals surface area contributed by atoms with Crippen LogP contribution in [-0.4, -0.2) is 0 Å². The minimum Gasteiger partial charge on any atom is -0.459 e. The smallest absolute Gasteiger partial charge is 0.134 e. The van der Waals surface area contributed by atoms with Gasteiger partial charge in [0.2, 0.25) is 0 Å². The monoisotopic (exact) mass is 349 g/mol. The van der Waals surface area contributed by atoms with Crippen molar-refractivity contribution in [1.29, 1.82) is 0 Å². The molecule has 2 aromatic carbocycles. The topological polar surface area (TPSA) is 39.2 Å². The van der Waals surface area contributed by atoms with Crippen molar-refractivity contribution in [3.05, 3.63) is 68.8 Å². The molecular weight excluding hydrogens is 338 g/mol. The lowest BCUT2D eigenvalue weighted by Crippen LogP contribution is -2.11. The van der Waals surface area contributed by atoms with Gasteiger partial charge in [0, 0.05) is 14.9 Å². The molecule has 3 aromatic rings. The van der Waals surface area contributed by atoms with Gasteiger partial charge in [0.25, 0.3) is 0 Å². The number of aryl methyl sites for hydroxylation is 1. The Hall–Kier alpha value is -1.29. The van der Waals surface area contributed by atoms with E-state index in [-0.39, 0.29) is 6.04 Å². The van der Waals surface area contributed by atoms with E-state index in [9.17, 15) is 0 Å². The highest BCUT2D eigenvalue weighted by atomic mass is 79.9. The Balaban J connectivity index is 2.05. The van der Waals surface area contributed by atoms with Crippen LogP contribution in [0.5, 0.6) is 0 Å². The van der Waals surface area contributed by atoms with Gasteiger partial charge in [-0.15, -0.1) is 0 Å². The van der Waals surface area contributed by atoms with Gasteiger partial charge in [-0.05, 0) is 42.8 Å². The summed E-state index contributed by atoms with van der Waals surface area (Å²) >= 11 is 9.64.